The molecule has 1 fully saturated rings. The lowest BCUT2D eigenvalue weighted by atomic mass is 9.78. The molecule has 1 saturated carbocycles. The average Bonchev–Trinajstić information content (AvgIpc) is 2.92. The van der Waals surface area contributed by atoms with E-state index in [1.807, 2.05) is 24.4 Å². The third-order valence-electron chi connectivity index (χ3n) is 5.55. The Labute approximate surface area is 138 Å². The third-order valence-corrected chi connectivity index (χ3v) is 5.55. The Bertz CT molecular complexity index is 729. The lowest BCUT2D eigenvalue weighted by Gasteiger charge is -2.26. The van der Waals surface area contributed by atoms with E-state index in [-0.39, 0.29) is 5.92 Å². The third kappa shape index (κ3) is 2.60. The summed E-state index contributed by atoms with van der Waals surface area (Å²) in [6.07, 6.45) is 9.10. The molecule has 0 aliphatic heterocycles. The highest BCUT2D eigenvalue weighted by atomic mass is 16.1. The smallest absolute Gasteiger partial charge is 0.167 e. The topological polar surface area (TPSA) is 30.0 Å². The maximum absolute atomic E-state index is 13.2. The summed E-state index contributed by atoms with van der Waals surface area (Å²) in [4.78, 5) is 17.7. The molecule has 0 spiro atoms. The van der Waals surface area contributed by atoms with E-state index >= 15 is 0 Å². The molecule has 1 heterocycles. The van der Waals surface area contributed by atoms with Gasteiger partial charge < -0.3 is 0 Å². The zero-order chi connectivity index (χ0) is 15.8. The van der Waals surface area contributed by atoms with Crippen molar-refractivity contribution in [2.24, 2.45) is 11.8 Å². The number of aromatic nitrogens is 1. The molecular weight excluding hydrogens is 282 g/mol. The van der Waals surface area contributed by atoms with Crippen molar-refractivity contribution in [3.63, 3.8) is 0 Å². The molecule has 2 nitrogen and oxygen atoms in total. The number of fused-ring (bicyclic) bond motifs is 1. The molecule has 1 atom stereocenters. The van der Waals surface area contributed by atoms with Gasteiger partial charge in [-0.15, -0.1) is 0 Å². The van der Waals surface area contributed by atoms with Crippen LogP contribution >= 0.6 is 0 Å². The molecule has 4 rings (SSSR count). The second-order valence-electron chi connectivity index (χ2n) is 7.13. The van der Waals surface area contributed by atoms with Crippen LogP contribution in [0.5, 0.6) is 0 Å². The predicted molar refractivity (Wildman–Crippen MR) is 92.5 cm³/mol. The Hall–Kier alpha value is -1.96. The SMILES string of the molecule is Cc1cc2c(c(-c3ccccn3)c1)C(=O)C(C1CCCCC1)C2. The van der Waals surface area contributed by atoms with Gasteiger partial charge in [0.05, 0.1) is 5.69 Å². The van der Waals surface area contributed by atoms with Crippen LogP contribution in [0.15, 0.2) is 36.5 Å². The zero-order valence-electron chi connectivity index (χ0n) is 13.7. The van der Waals surface area contributed by atoms with Crippen molar-refractivity contribution in [2.45, 2.75) is 45.4 Å². The molecule has 0 saturated heterocycles. The number of hydrogen-bond donors (Lipinski definition) is 0. The van der Waals surface area contributed by atoms with Gasteiger partial charge in [-0.3, -0.25) is 9.78 Å². The van der Waals surface area contributed by atoms with Gasteiger partial charge in [0.15, 0.2) is 5.78 Å². The molecule has 0 N–H and O–H groups in total. The van der Waals surface area contributed by atoms with Crippen molar-refractivity contribution in [3.8, 4) is 11.3 Å². The molecule has 0 amide bonds. The maximum Gasteiger partial charge on any atom is 0.167 e. The first kappa shape index (κ1) is 14.6. The summed E-state index contributed by atoms with van der Waals surface area (Å²) in [6, 6.07) is 10.3. The molecule has 0 radical (unpaired) electrons. The van der Waals surface area contributed by atoms with Gasteiger partial charge >= 0.3 is 0 Å². The molecule has 2 heteroatoms. The van der Waals surface area contributed by atoms with Crippen LogP contribution < -0.4 is 0 Å². The fourth-order valence-electron chi connectivity index (χ4n) is 4.47. The van der Waals surface area contributed by atoms with Crippen LogP contribution in [0, 0.1) is 18.8 Å². The number of rotatable bonds is 2. The Morgan fingerprint density at radius 3 is 2.65 bits per heavy atom. The Morgan fingerprint density at radius 2 is 1.91 bits per heavy atom. The largest absolute Gasteiger partial charge is 0.294 e. The monoisotopic (exact) mass is 305 g/mol. The summed E-state index contributed by atoms with van der Waals surface area (Å²) in [7, 11) is 0. The first-order valence-electron chi connectivity index (χ1n) is 8.83. The first-order chi connectivity index (χ1) is 11.2. The van der Waals surface area contributed by atoms with Crippen LogP contribution in [0.2, 0.25) is 0 Å². The summed E-state index contributed by atoms with van der Waals surface area (Å²) in [5.41, 5.74) is 5.37. The molecule has 118 valence electrons. The molecule has 23 heavy (non-hydrogen) atoms. The van der Waals surface area contributed by atoms with E-state index in [2.05, 4.69) is 24.0 Å². The van der Waals surface area contributed by atoms with E-state index in [0.29, 0.717) is 11.7 Å². The van der Waals surface area contributed by atoms with Crippen LogP contribution in [0.25, 0.3) is 11.3 Å². The molecule has 0 bridgehead atoms. The standard InChI is InChI=1S/C21H23NO/c1-14-11-16-13-17(15-7-3-2-4-8-15)21(23)20(16)18(12-14)19-9-5-6-10-22-19/h5-6,9-12,15,17H,2-4,7-8,13H2,1H3. The van der Waals surface area contributed by atoms with Crippen LogP contribution in [0.3, 0.4) is 0 Å². The van der Waals surface area contributed by atoms with Crippen molar-refractivity contribution in [1.82, 2.24) is 4.98 Å². The van der Waals surface area contributed by atoms with Crippen LogP contribution in [-0.2, 0) is 6.42 Å². The Kier molecular flexibility index (Phi) is 3.76. The highest BCUT2D eigenvalue weighted by molar-refractivity contribution is 6.07. The van der Waals surface area contributed by atoms with Crippen molar-refractivity contribution >= 4 is 5.78 Å². The summed E-state index contributed by atoms with van der Waals surface area (Å²) >= 11 is 0. The second-order valence-corrected chi connectivity index (χ2v) is 7.13. The molecule has 1 aromatic heterocycles. The molecule has 2 aromatic rings. The van der Waals surface area contributed by atoms with Gasteiger partial charge in [-0.1, -0.05) is 37.0 Å². The molecule has 2 aliphatic rings. The highest BCUT2D eigenvalue weighted by Crippen LogP contribution is 2.42. The predicted octanol–water partition coefficient (Wildman–Crippen LogP) is 4.99. The van der Waals surface area contributed by atoms with Gasteiger partial charge in [-0.05, 0) is 55.9 Å². The Morgan fingerprint density at radius 1 is 1.09 bits per heavy atom. The van der Waals surface area contributed by atoms with Crippen molar-refractivity contribution in [3.05, 3.63) is 53.2 Å². The van der Waals surface area contributed by atoms with Crippen LogP contribution in [0.1, 0.15) is 53.6 Å². The minimum absolute atomic E-state index is 0.203. The van der Waals surface area contributed by atoms with Crippen LogP contribution in [-0.4, -0.2) is 10.8 Å². The van der Waals surface area contributed by atoms with E-state index in [4.69, 9.17) is 0 Å². The van der Waals surface area contributed by atoms with Gasteiger partial charge in [0, 0.05) is 23.2 Å². The summed E-state index contributed by atoms with van der Waals surface area (Å²) in [5, 5.41) is 0. The van der Waals surface area contributed by atoms with Gasteiger partial charge in [0.1, 0.15) is 0 Å². The fraction of sp³-hybridized carbons (Fsp3) is 0.429. The lowest BCUT2D eigenvalue weighted by Crippen LogP contribution is -2.23. The number of hydrogen-bond acceptors (Lipinski definition) is 2. The molecule has 2 aliphatic carbocycles. The highest BCUT2D eigenvalue weighted by Gasteiger charge is 2.38. The quantitative estimate of drug-likeness (QED) is 0.782. The minimum atomic E-state index is 0.203. The first-order valence-corrected chi connectivity index (χ1v) is 8.83. The number of nitrogens with zero attached hydrogens (tertiary/aromatic N) is 1. The van der Waals surface area contributed by atoms with Crippen molar-refractivity contribution < 1.29 is 4.79 Å². The van der Waals surface area contributed by atoms with E-state index in [1.165, 1.54) is 43.2 Å². The number of carbonyl (C=O) groups is 1. The molecule has 1 aromatic carbocycles. The molecular formula is C21H23NO. The van der Waals surface area contributed by atoms with E-state index in [9.17, 15) is 4.79 Å². The summed E-state index contributed by atoms with van der Waals surface area (Å²) in [5.74, 6) is 1.16. The number of Topliss-reactive ketones (excluding diaryl/α,β-unsaturated/α-hetero) is 1. The number of benzene rings is 1. The van der Waals surface area contributed by atoms with Gasteiger partial charge in [0.25, 0.3) is 0 Å². The normalized spacial score (nSPS) is 21.4. The fourth-order valence-corrected chi connectivity index (χ4v) is 4.47. The summed E-state index contributed by atoms with van der Waals surface area (Å²) < 4.78 is 0. The average molecular weight is 305 g/mol. The second kappa shape index (κ2) is 5.92. The Balaban J connectivity index is 1.76. The van der Waals surface area contributed by atoms with E-state index in [1.54, 1.807) is 0 Å². The number of aryl methyl sites for hydroxylation is 1. The minimum Gasteiger partial charge on any atom is -0.294 e. The maximum atomic E-state index is 13.2. The number of carbonyl (C=O) groups excluding carboxylic acids is 1. The van der Waals surface area contributed by atoms with Crippen molar-refractivity contribution in [1.29, 1.82) is 0 Å². The van der Waals surface area contributed by atoms with E-state index < -0.39 is 0 Å². The van der Waals surface area contributed by atoms with Gasteiger partial charge in [-0.2, -0.15) is 0 Å². The van der Waals surface area contributed by atoms with Gasteiger partial charge in [0.2, 0.25) is 0 Å². The van der Waals surface area contributed by atoms with Crippen LogP contribution in [0.4, 0.5) is 0 Å². The zero-order valence-corrected chi connectivity index (χ0v) is 13.7. The lowest BCUT2D eigenvalue weighted by molar-refractivity contribution is 0.0869. The van der Waals surface area contributed by atoms with Crippen molar-refractivity contribution in [2.75, 3.05) is 0 Å². The number of pyridine rings is 1. The van der Waals surface area contributed by atoms with E-state index in [0.717, 1.165) is 23.2 Å². The summed E-state index contributed by atoms with van der Waals surface area (Å²) in [6.45, 7) is 2.12. The number of ketones is 1. The van der Waals surface area contributed by atoms with Gasteiger partial charge in [-0.25, -0.2) is 0 Å². The molecule has 1 unspecified atom stereocenters.